The van der Waals surface area contributed by atoms with Gasteiger partial charge in [-0.05, 0) is 62.1 Å². The van der Waals surface area contributed by atoms with Crippen molar-refractivity contribution in [1.82, 2.24) is 9.80 Å². The lowest BCUT2D eigenvalue weighted by atomic mass is 9.98. The number of rotatable bonds is 5. The maximum absolute atomic E-state index is 13.1. The van der Waals surface area contributed by atoms with Crippen LogP contribution in [0, 0.1) is 11.3 Å². The van der Waals surface area contributed by atoms with Gasteiger partial charge in [-0.15, -0.1) is 0 Å². The van der Waals surface area contributed by atoms with Gasteiger partial charge in [0.1, 0.15) is 12.6 Å². The van der Waals surface area contributed by atoms with E-state index in [-0.39, 0.29) is 30.5 Å². The first-order valence-electron chi connectivity index (χ1n) is 11.6. The van der Waals surface area contributed by atoms with Crippen LogP contribution in [-0.2, 0) is 9.53 Å². The van der Waals surface area contributed by atoms with E-state index in [1.54, 1.807) is 17.1 Å². The molecule has 0 N–H and O–H groups in total. The first-order valence-corrected chi connectivity index (χ1v) is 11.6. The summed E-state index contributed by atoms with van der Waals surface area (Å²) in [6.07, 6.45) is 3.96. The molecule has 0 radical (unpaired) electrons. The number of fused-ring (bicyclic) bond motifs is 3. The van der Waals surface area contributed by atoms with Gasteiger partial charge < -0.3 is 9.64 Å². The Morgan fingerprint density at radius 2 is 1.56 bits per heavy atom. The number of nitrogens with zero attached hydrogens (tertiary/aromatic N) is 3. The third kappa shape index (κ3) is 4.22. The predicted octanol–water partition coefficient (Wildman–Crippen LogP) is 5.23. The van der Waals surface area contributed by atoms with Crippen molar-refractivity contribution in [2.45, 2.75) is 51.7 Å². The van der Waals surface area contributed by atoms with Crippen molar-refractivity contribution in [3.05, 3.63) is 83.6 Å². The Balaban J connectivity index is 1.55. The number of nitriles is 1. The van der Waals surface area contributed by atoms with Crippen molar-refractivity contribution in [2.24, 2.45) is 0 Å². The molecule has 1 aliphatic heterocycles. The molecule has 4 rings (SSSR count). The highest BCUT2D eigenvalue weighted by atomic mass is 16.6. The summed E-state index contributed by atoms with van der Waals surface area (Å²) in [6, 6.07) is 17.5. The van der Waals surface area contributed by atoms with Crippen LogP contribution in [0.5, 0.6) is 0 Å². The van der Waals surface area contributed by atoms with E-state index in [0.717, 1.165) is 22.3 Å². The smallest absolute Gasteiger partial charge is 0.415 e. The maximum atomic E-state index is 13.1. The van der Waals surface area contributed by atoms with E-state index in [0.29, 0.717) is 5.57 Å². The summed E-state index contributed by atoms with van der Waals surface area (Å²) in [6.45, 7) is 7.95. The fraction of sp³-hybridized carbons (Fsp3) is 0.321. The second-order valence-electron chi connectivity index (χ2n) is 9.13. The molecule has 0 saturated heterocycles. The molecule has 0 saturated carbocycles. The molecule has 2 aliphatic rings. The summed E-state index contributed by atoms with van der Waals surface area (Å²) in [4.78, 5) is 29.2. The number of benzene rings is 2. The number of ether oxygens (including phenoxy) is 1. The second kappa shape index (κ2) is 9.56. The number of hydrogen-bond acceptors (Lipinski definition) is 4. The van der Waals surface area contributed by atoms with Gasteiger partial charge in [0, 0.05) is 24.2 Å². The van der Waals surface area contributed by atoms with Gasteiger partial charge in [-0.2, -0.15) is 5.26 Å². The molecule has 2 aromatic rings. The highest BCUT2D eigenvalue weighted by Crippen LogP contribution is 2.44. The summed E-state index contributed by atoms with van der Waals surface area (Å²) < 4.78 is 5.73. The number of amides is 2. The zero-order valence-corrected chi connectivity index (χ0v) is 19.9. The van der Waals surface area contributed by atoms with Crippen LogP contribution >= 0.6 is 0 Å². The molecule has 34 heavy (non-hydrogen) atoms. The maximum Gasteiger partial charge on any atom is 0.415 e. The standard InChI is InChI=1S/C28H29N3O3/c1-18(2)31(19(3)4)27(32)20-13-14-21(15-29)30(16-20)28(33)34-17-26-24-11-7-5-9-22(24)23-10-6-8-12-25(23)26/h5-14,16,18-19,21,26H,17H2,1-4H3. The Morgan fingerprint density at radius 1 is 1.00 bits per heavy atom. The Bertz CT molecular complexity index is 1150. The lowest BCUT2D eigenvalue weighted by Crippen LogP contribution is -2.44. The monoisotopic (exact) mass is 455 g/mol. The van der Waals surface area contributed by atoms with Crippen molar-refractivity contribution in [3.8, 4) is 17.2 Å². The van der Waals surface area contributed by atoms with Gasteiger partial charge in [-0.1, -0.05) is 48.5 Å². The molecule has 1 atom stereocenters. The van der Waals surface area contributed by atoms with Crippen LogP contribution in [0.4, 0.5) is 4.79 Å². The summed E-state index contributed by atoms with van der Waals surface area (Å²) in [5, 5.41) is 9.59. The largest absolute Gasteiger partial charge is 0.448 e. The lowest BCUT2D eigenvalue weighted by Gasteiger charge is -2.33. The Kier molecular flexibility index (Phi) is 6.56. The summed E-state index contributed by atoms with van der Waals surface area (Å²) in [5.41, 5.74) is 4.86. The van der Waals surface area contributed by atoms with Gasteiger partial charge in [0.05, 0.1) is 11.6 Å². The Labute approximate surface area is 200 Å². The van der Waals surface area contributed by atoms with Crippen LogP contribution in [0.25, 0.3) is 11.1 Å². The zero-order chi connectivity index (χ0) is 24.4. The number of carbonyl (C=O) groups excluding carboxylic acids is 2. The fourth-order valence-electron chi connectivity index (χ4n) is 4.84. The molecule has 1 heterocycles. The molecule has 0 fully saturated rings. The SMILES string of the molecule is CC(C)N(C(=O)C1=CN(C(=O)OCC2c3ccccc3-c3ccccc32)C(C#N)C=C1)C(C)C. The average Bonchev–Trinajstić information content (AvgIpc) is 3.15. The van der Waals surface area contributed by atoms with Gasteiger partial charge >= 0.3 is 6.09 Å². The highest BCUT2D eigenvalue weighted by molar-refractivity contribution is 5.97. The third-order valence-electron chi connectivity index (χ3n) is 6.31. The van der Waals surface area contributed by atoms with Gasteiger partial charge in [0.15, 0.2) is 0 Å². The summed E-state index contributed by atoms with van der Waals surface area (Å²) in [5.74, 6) is -0.270. The second-order valence-corrected chi connectivity index (χ2v) is 9.13. The van der Waals surface area contributed by atoms with E-state index < -0.39 is 12.1 Å². The van der Waals surface area contributed by atoms with Gasteiger partial charge in [-0.3, -0.25) is 9.69 Å². The molecule has 6 nitrogen and oxygen atoms in total. The van der Waals surface area contributed by atoms with Crippen LogP contribution in [-0.4, -0.2) is 46.5 Å². The van der Waals surface area contributed by atoms with Crippen LogP contribution in [0.2, 0.25) is 0 Å². The molecule has 174 valence electrons. The van der Waals surface area contributed by atoms with E-state index in [1.807, 2.05) is 52.0 Å². The minimum Gasteiger partial charge on any atom is -0.448 e. The summed E-state index contributed by atoms with van der Waals surface area (Å²) in [7, 11) is 0. The Hall–Kier alpha value is -3.85. The molecule has 6 heteroatoms. The molecule has 0 bridgehead atoms. The topological polar surface area (TPSA) is 73.6 Å². The van der Waals surface area contributed by atoms with E-state index in [9.17, 15) is 14.9 Å². The summed E-state index contributed by atoms with van der Waals surface area (Å²) >= 11 is 0. The van der Waals surface area contributed by atoms with Crippen molar-refractivity contribution < 1.29 is 14.3 Å². The highest BCUT2D eigenvalue weighted by Gasteiger charge is 2.32. The minimum atomic E-state index is -0.834. The van der Waals surface area contributed by atoms with Crippen LogP contribution in [0.1, 0.15) is 44.7 Å². The van der Waals surface area contributed by atoms with Crippen molar-refractivity contribution in [3.63, 3.8) is 0 Å². The van der Waals surface area contributed by atoms with Crippen LogP contribution in [0.15, 0.2) is 72.5 Å². The normalized spacial score (nSPS) is 16.7. The fourth-order valence-corrected chi connectivity index (χ4v) is 4.84. The zero-order valence-electron chi connectivity index (χ0n) is 19.9. The van der Waals surface area contributed by atoms with E-state index in [2.05, 4.69) is 30.3 Å². The first kappa shape index (κ1) is 23.3. The van der Waals surface area contributed by atoms with E-state index in [4.69, 9.17) is 4.74 Å². The minimum absolute atomic E-state index is 0.00149. The third-order valence-corrected chi connectivity index (χ3v) is 6.31. The molecular formula is C28H29N3O3. The Morgan fingerprint density at radius 3 is 2.09 bits per heavy atom. The molecule has 0 spiro atoms. The number of carbonyl (C=O) groups is 2. The molecule has 1 aliphatic carbocycles. The quantitative estimate of drug-likeness (QED) is 0.619. The van der Waals surface area contributed by atoms with Crippen molar-refractivity contribution in [2.75, 3.05) is 6.61 Å². The van der Waals surface area contributed by atoms with Crippen LogP contribution in [0.3, 0.4) is 0 Å². The molecule has 2 amide bonds. The number of hydrogen-bond donors (Lipinski definition) is 0. The van der Waals surface area contributed by atoms with Gasteiger partial charge in [-0.25, -0.2) is 4.79 Å². The predicted molar refractivity (Wildman–Crippen MR) is 131 cm³/mol. The van der Waals surface area contributed by atoms with Gasteiger partial charge in [0.25, 0.3) is 5.91 Å². The van der Waals surface area contributed by atoms with Crippen molar-refractivity contribution >= 4 is 12.0 Å². The average molecular weight is 456 g/mol. The van der Waals surface area contributed by atoms with Crippen molar-refractivity contribution in [1.29, 1.82) is 5.26 Å². The molecular weight excluding hydrogens is 426 g/mol. The molecule has 1 unspecified atom stereocenters. The van der Waals surface area contributed by atoms with E-state index in [1.165, 1.54) is 11.1 Å². The van der Waals surface area contributed by atoms with Gasteiger partial charge in [0.2, 0.25) is 0 Å². The molecule has 2 aromatic carbocycles. The van der Waals surface area contributed by atoms with Crippen LogP contribution < -0.4 is 0 Å². The first-order chi connectivity index (χ1) is 16.3. The molecule has 0 aromatic heterocycles. The van der Waals surface area contributed by atoms with E-state index >= 15 is 0 Å². The lowest BCUT2D eigenvalue weighted by molar-refractivity contribution is -0.130.